The molecule has 0 rings (SSSR count). The number of hydrogen-bond acceptors (Lipinski definition) is 2. The van der Waals surface area contributed by atoms with Gasteiger partial charge in [0.05, 0.1) is 0 Å². The molecule has 2 unspecified atom stereocenters. The summed E-state index contributed by atoms with van der Waals surface area (Å²) < 4.78 is 0. The number of nitrogens with one attached hydrogen (secondary N) is 1. The third-order valence-electron chi connectivity index (χ3n) is 2.72. The van der Waals surface area contributed by atoms with E-state index in [0.717, 1.165) is 18.4 Å². The zero-order valence-corrected chi connectivity index (χ0v) is 10.8. The molecule has 0 aliphatic carbocycles. The molecular weight excluding hydrogens is 172 g/mol. The van der Waals surface area contributed by atoms with Gasteiger partial charge in [-0.3, -0.25) is 0 Å². The number of hydrogen-bond donors (Lipinski definition) is 1. The number of nitrogens with zero attached hydrogens (tertiary/aromatic N) is 1. The van der Waals surface area contributed by atoms with Crippen LogP contribution < -0.4 is 5.32 Å². The van der Waals surface area contributed by atoms with Crippen molar-refractivity contribution in [1.82, 2.24) is 10.2 Å². The molecule has 0 aromatic carbocycles. The SMILES string of the molecule is CNCC(C)CN(C)C(C)CC(C)C. The molecule has 2 nitrogen and oxygen atoms in total. The zero-order valence-electron chi connectivity index (χ0n) is 10.8. The first-order valence-electron chi connectivity index (χ1n) is 5.82. The standard InChI is InChI=1S/C12H28N2/c1-10(2)7-12(4)14(6)9-11(3)8-13-5/h10-13H,7-9H2,1-6H3. The maximum absolute atomic E-state index is 3.23. The monoisotopic (exact) mass is 200 g/mol. The Labute approximate surface area is 90.1 Å². The van der Waals surface area contributed by atoms with Gasteiger partial charge in [0.25, 0.3) is 0 Å². The van der Waals surface area contributed by atoms with Crippen LogP contribution in [0.2, 0.25) is 0 Å². The molecule has 0 saturated heterocycles. The molecule has 14 heavy (non-hydrogen) atoms. The molecule has 86 valence electrons. The lowest BCUT2D eigenvalue weighted by molar-refractivity contribution is 0.200. The second-order valence-corrected chi connectivity index (χ2v) is 5.08. The van der Waals surface area contributed by atoms with E-state index < -0.39 is 0 Å². The molecule has 2 atom stereocenters. The van der Waals surface area contributed by atoms with Gasteiger partial charge in [-0.05, 0) is 45.8 Å². The van der Waals surface area contributed by atoms with Gasteiger partial charge >= 0.3 is 0 Å². The fourth-order valence-corrected chi connectivity index (χ4v) is 1.95. The lowest BCUT2D eigenvalue weighted by Crippen LogP contribution is -2.36. The van der Waals surface area contributed by atoms with E-state index in [-0.39, 0.29) is 0 Å². The van der Waals surface area contributed by atoms with E-state index in [1.807, 2.05) is 7.05 Å². The topological polar surface area (TPSA) is 15.3 Å². The van der Waals surface area contributed by atoms with Gasteiger partial charge in [0.1, 0.15) is 0 Å². The summed E-state index contributed by atoms with van der Waals surface area (Å²) in [6.45, 7) is 11.5. The first-order valence-corrected chi connectivity index (χ1v) is 5.82. The molecule has 0 aromatic heterocycles. The first-order chi connectivity index (χ1) is 6.47. The van der Waals surface area contributed by atoms with E-state index in [1.54, 1.807) is 0 Å². The maximum atomic E-state index is 3.23. The second-order valence-electron chi connectivity index (χ2n) is 5.08. The molecule has 2 heteroatoms. The molecule has 0 fully saturated rings. The van der Waals surface area contributed by atoms with E-state index in [0.29, 0.717) is 6.04 Å². The highest BCUT2D eigenvalue weighted by atomic mass is 15.1. The molecule has 0 aliphatic rings. The number of rotatable bonds is 7. The van der Waals surface area contributed by atoms with Crippen molar-refractivity contribution in [2.24, 2.45) is 11.8 Å². The van der Waals surface area contributed by atoms with Crippen molar-refractivity contribution in [1.29, 1.82) is 0 Å². The lowest BCUT2D eigenvalue weighted by Gasteiger charge is -2.28. The molecular formula is C12H28N2. The van der Waals surface area contributed by atoms with Crippen LogP contribution in [-0.4, -0.2) is 38.1 Å². The molecule has 0 aromatic rings. The van der Waals surface area contributed by atoms with Crippen LogP contribution in [0.5, 0.6) is 0 Å². The van der Waals surface area contributed by atoms with Gasteiger partial charge in [0.15, 0.2) is 0 Å². The normalized spacial score (nSPS) is 16.3. The average Bonchev–Trinajstić information content (AvgIpc) is 2.02. The van der Waals surface area contributed by atoms with Gasteiger partial charge in [-0.15, -0.1) is 0 Å². The van der Waals surface area contributed by atoms with Crippen LogP contribution in [0.4, 0.5) is 0 Å². The highest BCUT2D eigenvalue weighted by molar-refractivity contribution is 4.68. The van der Waals surface area contributed by atoms with E-state index >= 15 is 0 Å². The fraction of sp³-hybridized carbons (Fsp3) is 1.00. The van der Waals surface area contributed by atoms with Crippen molar-refractivity contribution < 1.29 is 0 Å². The predicted molar refractivity (Wildman–Crippen MR) is 64.6 cm³/mol. The summed E-state index contributed by atoms with van der Waals surface area (Å²) >= 11 is 0. The Morgan fingerprint density at radius 1 is 1.14 bits per heavy atom. The van der Waals surface area contributed by atoms with Crippen LogP contribution in [0.1, 0.15) is 34.1 Å². The van der Waals surface area contributed by atoms with Gasteiger partial charge in [0, 0.05) is 12.6 Å². The minimum Gasteiger partial charge on any atom is -0.319 e. The molecule has 0 amide bonds. The Kier molecular flexibility index (Phi) is 7.20. The summed E-state index contributed by atoms with van der Waals surface area (Å²) in [4.78, 5) is 2.47. The quantitative estimate of drug-likeness (QED) is 0.678. The lowest BCUT2D eigenvalue weighted by atomic mass is 10.0. The van der Waals surface area contributed by atoms with Crippen molar-refractivity contribution >= 4 is 0 Å². The molecule has 0 spiro atoms. The Bertz CT molecular complexity index is 134. The third kappa shape index (κ3) is 6.39. The summed E-state index contributed by atoms with van der Waals surface area (Å²) in [5.74, 6) is 1.53. The van der Waals surface area contributed by atoms with Gasteiger partial charge in [0.2, 0.25) is 0 Å². The summed E-state index contributed by atoms with van der Waals surface area (Å²) in [5, 5.41) is 3.23. The van der Waals surface area contributed by atoms with Gasteiger partial charge in [-0.2, -0.15) is 0 Å². The Morgan fingerprint density at radius 3 is 2.14 bits per heavy atom. The van der Waals surface area contributed by atoms with Gasteiger partial charge in [-0.1, -0.05) is 20.8 Å². The Balaban J connectivity index is 3.76. The summed E-state index contributed by atoms with van der Waals surface area (Å²) in [6.07, 6.45) is 1.29. The highest BCUT2D eigenvalue weighted by Gasteiger charge is 2.13. The minimum absolute atomic E-state index is 0.703. The molecule has 0 radical (unpaired) electrons. The Morgan fingerprint density at radius 2 is 1.71 bits per heavy atom. The van der Waals surface area contributed by atoms with E-state index in [2.05, 4.69) is 45.0 Å². The molecule has 1 N–H and O–H groups in total. The molecule has 0 bridgehead atoms. The van der Waals surface area contributed by atoms with Crippen LogP contribution >= 0.6 is 0 Å². The Hall–Kier alpha value is -0.0800. The van der Waals surface area contributed by atoms with Gasteiger partial charge < -0.3 is 10.2 Å². The van der Waals surface area contributed by atoms with Crippen molar-refractivity contribution in [3.05, 3.63) is 0 Å². The molecule has 0 heterocycles. The largest absolute Gasteiger partial charge is 0.319 e. The van der Waals surface area contributed by atoms with Crippen molar-refractivity contribution in [3.63, 3.8) is 0 Å². The maximum Gasteiger partial charge on any atom is 0.00664 e. The van der Waals surface area contributed by atoms with Crippen LogP contribution in [0.15, 0.2) is 0 Å². The molecule has 0 aliphatic heterocycles. The van der Waals surface area contributed by atoms with Crippen molar-refractivity contribution in [2.45, 2.75) is 40.2 Å². The van der Waals surface area contributed by atoms with Crippen LogP contribution in [0, 0.1) is 11.8 Å². The first kappa shape index (κ1) is 13.9. The van der Waals surface area contributed by atoms with E-state index in [9.17, 15) is 0 Å². The molecule has 0 saturated carbocycles. The van der Waals surface area contributed by atoms with Crippen molar-refractivity contribution in [3.8, 4) is 0 Å². The zero-order chi connectivity index (χ0) is 11.1. The van der Waals surface area contributed by atoms with Crippen LogP contribution in [0.25, 0.3) is 0 Å². The fourth-order valence-electron chi connectivity index (χ4n) is 1.95. The minimum atomic E-state index is 0.703. The van der Waals surface area contributed by atoms with Crippen LogP contribution in [0.3, 0.4) is 0 Å². The second kappa shape index (κ2) is 7.24. The van der Waals surface area contributed by atoms with Gasteiger partial charge in [-0.25, -0.2) is 0 Å². The van der Waals surface area contributed by atoms with Crippen LogP contribution in [-0.2, 0) is 0 Å². The summed E-state index contributed by atoms with van der Waals surface area (Å²) in [5.41, 5.74) is 0. The third-order valence-corrected chi connectivity index (χ3v) is 2.72. The predicted octanol–water partition coefficient (Wildman–Crippen LogP) is 2.21. The summed E-state index contributed by atoms with van der Waals surface area (Å²) in [6, 6.07) is 0.703. The summed E-state index contributed by atoms with van der Waals surface area (Å²) in [7, 11) is 4.26. The smallest absolute Gasteiger partial charge is 0.00664 e. The highest BCUT2D eigenvalue weighted by Crippen LogP contribution is 2.10. The van der Waals surface area contributed by atoms with E-state index in [1.165, 1.54) is 13.0 Å². The average molecular weight is 200 g/mol. The van der Waals surface area contributed by atoms with Crippen molar-refractivity contribution in [2.75, 3.05) is 27.2 Å². The van der Waals surface area contributed by atoms with E-state index in [4.69, 9.17) is 0 Å².